The second-order valence-corrected chi connectivity index (χ2v) is 6.46. The zero-order chi connectivity index (χ0) is 17.4. The molecule has 1 aliphatic heterocycles. The lowest BCUT2D eigenvalue weighted by atomic mass is 10.1. The molecule has 4 rings (SSSR count). The summed E-state index contributed by atoms with van der Waals surface area (Å²) in [5.74, 6) is -0.375. The SMILES string of the molecule is O=C1CC(N(C(=O)COc2ccc3ccccc3c2)C2CC2)C(=O)N1. The minimum atomic E-state index is -0.701. The predicted octanol–water partition coefficient (Wildman–Crippen LogP) is 1.62. The summed E-state index contributed by atoms with van der Waals surface area (Å²) < 4.78 is 5.65. The molecule has 1 atom stereocenters. The Morgan fingerprint density at radius 3 is 2.56 bits per heavy atom. The van der Waals surface area contributed by atoms with Gasteiger partial charge in [0.2, 0.25) is 11.8 Å². The van der Waals surface area contributed by atoms with Crippen molar-refractivity contribution in [2.24, 2.45) is 0 Å². The molecule has 128 valence electrons. The molecule has 6 heteroatoms. The number of carbonyl (C=O) groups is 3. The highest BCUT2D eigenvalue weighted by Crippen LogP contribution is 2.31. The zero-order valence-corrected chi connectivity index (χ0v) is 13.6. The van der Waals surface area contributed by atoms with E-state index in [2.05, 4.69) is 5.32 Å². The molecule has 0 spiro atoms. The van der Waals surface area contributed by atoms with Gasteiger partial charge in [-0.1, -0.05) is 30.3 Å². The van der Waals surface area contributed by atoms with Crippen LogP contribution < -0.4 is 10.1 Å². The third-order valence-electron chi connectivity index (χ3n) is 4.59. The van der Waals surface area contributed by atoms with E-state index >= 15 is 0 Å². The van der Waals surface area contributed by atoms with Gasteiger partial charge in [-0.3, -0.25) is 19.7 Å². The van der Waals surface area contributed by atoms with Gasteiger partial charge in [0.15, 0.2) is 6.61 Å². The average Bonchev–Trinajstić information content (AvgIpc) is 3.38. The Morgan fingerprint density at radius 2 is 1.88 bits per heavy atom. The summed E-state index contributed by atoms with van der Waals surface area (Å²) in [6.45, 7) is -0.146. The summed E-state index contributed by atoms with van der Waals surface area (Å²) in [6, 6.07) is 12.9. The lowest BCUT2D eigenvalue weighted by molar-refractivity contribution is -0.141. The first-order chi connectivity index (χ1) is 12.1. The van der Waals surface area contributed by atoms with Crippen LogP contribution in [0.15, 0.2) is 42.5 Å². The smallest absolute Gasteiger partial charge is 0.261 e. The number of nitrogens with one attached hydrogen (secondary N) is 1. The third kappa shape index (κ3) is 3.20. The fourth-order valence-electron chi connectivity index (χ4n) is 3.23. The molecule has 2 fully saturated rings. The number of fused-ring (bicyclic) bond motifs is 1. The molecule has 1 saturated carbocycles. The number of nitrogens with zero attached hydrogens (tertiary/aromatic N) is 1. The number of rotatable bonds is 5. The summed E-state index contributed by atoms with van der Waals surface area (Å²) in [5, 5.41) is 4.40. The monoisotopic (exact) mass is 338 g/mol. The van der Waals surface area contributed by atoms with Crippen LogP contribution in [0.4, 0.5) is 0 Å². The molecule has 1 N–H and O–H groups in total. The maximum Gasteiger partial charge on any atom is 0.261 e. The normalized spacial score (nSPS) is 19.8. The molecule has 0 radical (unpaired) electrons. The van der Waals surface area contributed by atoms with Crippen molar-refractivity contribution in [3.63, 3.8) is 0 Å². The average molecular weight is 338 g/mol. The summed E-state index contributed by atoms with van der Waals surface area (Å²) in [4.78, 5) is 37.5. The highest BCUT2D eigenvalue weighted by Gasteiger charge is 2.44. The molecule has 2 aromatic rings. The highest BCUT2D eigenvalue weighted by atomic mass is 16.5. The van der Waals surface area contributed by atoms with Gasteiger partial charge in [0, 0.05) is 6.04 Å². The van der Waals surface area contributed by atoms with Crippen LogP contribution in [0.3, 0.4) is 0 Å². The lowest BCUT2D eigenvalue weighted by Crippen LogP contribution is -2.47. The summed E-state index contributed by atoms with van der Waals surface area (Å²) in [7, 11) is 0. The van der Waals surface area contributed by atoms with Crippen molar-refractivity contribution >= 4 is 28.5 Å². The molecule has 1 heterocycles. The van der Waals surface area contributed by atoms with Gasteiger partial charge in [-0.25, -0.2) is 0 Å². The van der Waals surface area contributed by atoms with E-state index in [1.54, 1.807) is 0 Å². The van der Waals surface area contributed by atoms with Crippen molar-refractivity contribution in [2.45, 2.75) is 31.3 Å². The van der Waals surface area contributed by atoms with E-state index in [-0.39, 0.29) is 30.9 Å². The lowest BCUT2D eigenvalue weighted by Gasteiger charge is -2.26. The summed E-state index contributed by atoms with van der Waals surface area (Å²) >= 11 is 0. The Balaban J connectivity index is 1.46. The van der Waals surface area contributed by atoms with Crippen molar-refractivity contribution in [2.75, 3.05) is 6.61 Å². The van der Waals surface area contributed by atoms with E-state index in [0.29, 0.717) is 5.75 Å². The van der Waals surface area contributed by atoms with Gasteiger partial charge in [0.25, 0.3) is 5.91 Å². The molecular formula is C19H18N2O4. The van der Waals surface area contributed by atoms with Gasteiger partial charge in [0.1, 0.15) is 11.8 Å². The topological polar surface area (TPSA) is 75.7 Å². The zero-order valence-electron chi connectivity index (χ0n) is 13.6. The quantitative estimate of drug-likeness (QED) is 0.841. The Labute approximate surface area is 144 Å². The van der Waals surface area contributed by atoms with Crippen LogP contribution in [-0.4, -0.2) is 41.3 Å². The van der Waals surface area contributed by atoms with E-state index in [1.807, 2.05) is 42.5 Å². The molecule has 3 amide bonds. The van der Waals surface area contributed by atoms with Crippen molar-refractivity contribution in [1.29, 1.82) is 0 Å². The van der Waals surface area contributed by atoms with Crippen LogP contribution in [0.25, 0.3) is 10.8 Å². The number of carbonyl (C=O) groups excluding carboxylic acids is 3. The summed E-state index contributed by atoms with van der Waals surface area (Å²) in [6.07, 6.45) is 1.76. The second-order valence-electron chi connectivity index (χ2n) is 6.46. The molecule has 0 bridgehead atoms. The van der Waals surface area contributed by atoms with Gasteiger partial charge in [-0.2, -0.15) is 0 Å². The van der Waals surface area contributed by atoms with Gasteiger partial charge in [-0.15, -0.1) is 0 Å². The molecule has 1 unspecified atom stereocenters. The number of imide groups is 1. The Bertz CT molecular complexity index is 859. The molecule has 0 aromatic heterocycles. The van der Waals surface area contributed by atoms with E-state index in [1.165, 1.54) is 4.90 Å². The third-order valence-corrected chi connectivity index (χ3v) is 4.59. The van der Waals surface area contributed by atoms with Crippen molar-refractivity contribution in [3.8, 4) is 5.75 Å². The van der Waals surface area contributed by atoms with Gasteiger partial charge < -0.3 is 9.64 Å². The largest absolute Gasteiger partial charge is 0.484 e. The van der Waals surface area contributed by atoms with E-state index in [9.17, 15) is 14.4 Å². The van der Waals surface area contributed by atoms with E-state index in [0.717, 1.165) is 23.6 Å². The maximum absolute atomic E-state index is 12.6. The fraction of sp³-hybridized carbons (Fsp3) is 0.316. The predicted molar refractivity (Wildman–Crippen MR) is 90.9 cm³/mol. The molecule has 2 aromatic carbocycles. The molecule has 6 nitrogen and oxygen atoms in total. The number of amides is 3. The first-order valence-electron chi connectivity index (χ1n) is 8.38. The van der Waals surface area contributed by atoms with Crippen molar-refractivity contribution in [3.05, 3.63) is 42.5 Å². The summed E-state index contributed by atoms with van der Waals surface area (Å²) in [5.41, 5.74) is 0. The standard InChI is InChI=1S/C19H18N2O4/c22-17-10-16(19(24)20-17)21(14-6-7-14)18(23)11-25-15-8-5-12-3-1-2-4-13(12)9-15/h1-5,8-9,14,16H,6-7,10-11H2,(H,20,22,24). The van der Waals surface area contributed by atoms with Crippen LogP contribution in [-0.2, 0) is 14.4 Å². The number of hydrogen-bond acceptors (Lipinski definition) is 4. The fourth-order valence-corrected chi connectivity index (χ4v) is 3.23. The maximum atomic E-state index is 12.6. The second kappa shape index (κ2) is 6.20. The van der Waals surface area contributed by atoms with Gasteiger partial charge in [0.05, 0.1) is 6.42 Å². The minimum absolute atomic E-state index is 0.0364. The Kier molecular flexibility index (Phi) is 3.87. The number of ether oxygens (including phenoxy) is 1. The van der Waals surface area contributed by atoms with Crippen LogP contribution in [0.2, 0.25) is 0 Å². The van der Waals surface area contributed by atoms with Crippen LogP contribution in [0.1, 0.15) is 19.3 Å². The number of hydrogen-bond donors (Lipinski definition) is 1. The van der Waals surface area contributed by atoms with Crippen LogP contribution in [0, 0.1) is 0 Å². The molecule has 2 aliphatic rings. The molecule has 25 heavy (non-hydrogen) atoms. The number of benzene rings is 2. The Morgan fingerprint density at radius 1 is 1.12 bits per heavy atom. The van der Waals surface area contributed by atoms with E-state index < -0.39 is 11.9 Å². The first-order valence-corrected chi connectivity index (χ1v) is 8.38. The minimum Gasteiger partial charge on any atom is -0.484 e. The highest BCUT2D eigenvalue weighted by molar-refractivity contribution is 6.07. The molecule has 1 saturated heterocycles. The van der Waals surface area contributed by atoms with Crippen LogP contribution in [0.5, 0.6) is 5.75 Å². The first kappa shape index (κ1) is 15.6. The van der Waals surface area contributed by atoms with Crippen molar-refractivity contribution in [1.82, 2.24) is 10.2 Å². The Hall–Kier alpha value is -2.89. The molecule has 1 aliphatic carbocycles. The van der Waals surface area contributed by atoms with Gasteiger partial charge in [-0.05, 0) is 35.7 Å². The van der Waals surface area contributed by atoms with Crippen molar-refractivity contribution < 1.29 is 19.1 Å². The molecular weight excluding hydrogens is 320 g/mol. The van der Waals surface area contributed by atoms with Gasteiger partial charge >= 0.3 is 0 Å². The van der Waals surface area contributed by atoms with E-state index in [4.69, 9.17) is 4.74 Å². The van der Waals surface area contributed by atoms with Crippen LogP contribution >= 0.6 is 0 Å².